The molecule has 7 nitrogen and oxygen atoms in total. The zero-order valence-electron chi connectivity index (χ0n) is 15.7. The number of aliphatic hydroxyl groups is 1. The molecule has 1 saturated heterocycles. The van der Waals surface area contributed by atoms with E-state index in [0.717, 1.165) is 5.52 Å². The first-order valence-electron chi connectivity index (χ1n) is 9.36. The van der Waals surface area contributed by atoms with E-state index < -0.39 is 17.7 Å². The number of amides is 1. The molecule has 2 aromatic carbocycles. The maximum atomic E-state index is 13.1. The van der Waals surface area contributed by atoms with Gasteiger partial charge in [0.2, 0.25) is 5.95 Å². The Bertz CT molecular complexity index is 1260. The normalized spacial score (nSPS) is 18.3. The fourth-order valence-electron chi connectivity index (χ4n) is 3.71. The van der Waals surface area contributed by atoms with Crippen molar-refractivity contribution in [3.05, 3.63) is 95.8 Å². The van der Waals surface area contributed by atoms with E-state index in [2.05, 4.69) is 15.0 Å². The molecule has 3 heterocycles. The molecule has 30 heavy (non-hydrogen) atoms. The van der Waals surface area contributed by atoms with Gasteiger partial charge >= 0.3 is 5.91 Å². The molecule has 1 aliphatic heterocycles. The number of ketones is 1. The summed E-state index contributed by atoms with van der Waals surface area (Å²) in [5.74, 6) is -1.54. The second-order valence-electron chi connectivity index (χ2n) is 6.90. The molecule has 1 fully saturated rings. The van der Waals surface area contributed by atoms with E-state index in [0.29, 0.717) is 16.6 Å². The molecule has 1 unspecified atom stereocenters. The lowest BCUT2D eigenvalue weighted by Gasteiger charge is -2.22. The second kappa shape index (κ2) is 6.97. The fourth-order valence-corrected chi connectivity index (χ4v) is 3.71. The number of aromatic nitrogens is 3. The summed E-state index contributed by atoms with van der Waals surface area (Å²) in [6, 6.07) is 18.7. The molecule has 0 bridgehead atoms. The van der Waals surface area contributed by atoms with Crippen LogP contribution in [-0.2, 0) is 9.59 Å². The van der Waals surface area contributed by atoms with Crippen LogP contribution in [0, 0.1) is 0 Å². The summed E-state index contributed by atoms with van der Waals surface area (Å²) in [7, 11) is 0. The van der Waals surface area contributed by atoms with Crippen LogP contribution in [0.5, 0.6) is 0 Å². The number of rotatable bonds is 3. The van der Waals surface area contributed by atoms with Crippen molar-refractivity contribution in [3.8, 4) is 0 Å². The fraction of sp³-hybridized carbons (Fsp3) is 0.0435. The van der Waals surface area contributed by atoms with Crippen LogP contribution in [0.25, 0.3) is 16.8 Å². The number of anilines is 1. The molecule has 146 valence electrons. The number of hydrogen-bond donors (Lipinski definition) is 2. The molecule has 0 radical (unpaired) electrons. The van der Waals surface area contributed by atoms with Crippen LogP contribution in [0.4, 0.5) is 5.95 Å². The van der Waals surface area contributed by atoms with Crippen molar-refractivity contribution in [2.24, 2.45) is 0 Å². The lowest BCUT2D eigenvalue weighted by Crippen LogP contribution is -2.30. The largest absolute Gasteiger partial charge is 0.507 e. The predicted molar refractivity (Wildman–Crippen MR) is 112 cm³/mol. The molecular weight excluding hydrogens is 380 g/mol. The van der Waals surface area contributed by atoms with E-state index >= 15 is 0 Å². The van der Waals surface area contributed by atoms with E-state index in [1.807, 2.05) is 30.3 Å². The first-order chi connectivity index (χ1) is 14.6. The lowest BCUT2D eigenvalue weighted by atomic mass is 9.96. The maximum Gasteiger partial charge on any atom is 0.302 e. The third-order valence-corrected chi connectivity index (χ3v) is 5.10. The van der Waals surface area contributed by atoms with Crippen molar-refractivity contribution >= 4 is 34.4 Å². The molecule has 0 aliphatic carbocycles. The summed E-state index contributed by atoms with van der Waals surface area (Å²) in [6.07, 6.45) is 3.18. The number of para-hydroxylation sites is 2. The average Bonchev–Trinajstić information content (AvgIpc) is 3.33. The summed E-state index contributed by atoms with van der Waals surface area (Å²) in [6.45, 7) is 0. The Kier molecular flexibility index (Phi) is 4.14. The van der Waals surface area contributed by atoms with Gasteiger partial charge in [-0.1, -0.05) is 48.5 Å². The molecule has 0 spiro atoms. The number of pyridine rings is 1. The number of fused-ring (bicyclic) bond motifs is 1. The summed E-state index contributed by atoms with van der Waals surface area (Å²) in [5.41, 5.74) is 2.45. The van der Waals surface area contributed by atoms with Gasteiger partial charge in [0.1, 0.15) is 5.76 Å². The molecule has 5 rings (SSSR count). The number of aromatic amines is 1. The van der Waals surface area contributed by atoms with Gasteiger partial charge in [0.25, 0.3) is 5.78 Å². The summed E-state index contributed by atoms with van der Waals surface area (Å²) in [5, 5.41) is 11.0. The molecule has 2 N–H and O–H groups in total. The zero-order valence-corrected chi connectivity index (χ0v) is 15.7. The standard InChI is InChI=1S/C23H16N4O3/c28-20(14-7-2-1-3-8-14)18-19(15-9-6-12-24-13-15)27(22(30)21(18)29)23-25-16-10-4-5-11-17(16)26-23/h1-13,19,28H,(H,25,26)/b20-18+. The predicted octanol–water partition coefficient (Wildman–Crippen LogP) is 3.58. The SMILES string of the molecule is O=C1C(=O)N(c2nc3ccccc3[nH]2)C(c2cccnc2)/C1=C(\O)c1ccccc1. The molecule has 1 atom stereocenters. The minimum absolute atomic E-state index is 0.000318. The first kappa shape index (κ1) is 17.8. The topological polar surface area (TPSA) is 99.2 Å². The van der Waals surface area contributed by atoms with Crippen LogP contribution in [0.3, 0.4) is 0 Å². The Labute approximate surface area is 171 Å². The van der Waals surface area contributed by atoms with Gasteiger partial charge in [-0.2, -0.15) is 0 Å². The van der Waals surface area contributed by atoms with Crippen LogP contribution in [0.15, 0.2) is 84.7 Å². The smallest absolute Gasteiger partial charge is 0.302 e. The number of benzene rings is 2. The van der Waals surface area contributed by atoms with Crippen molar-refractivity contribution in [2.75, 3.05) is 4.90 Å². The highest BCUT2D eigenvalue weighted by Gasteiger charge is 2.48. The Morgan fingerprint density at radius 2 is 1.73 bits per heavy atom. The van der Waals surface area contributed by atoms with Crippen LogP contribution >= 0.6 is 0 Å². The zero-order chi connectivity index (χ0) is 20.7. The Morgan fingerprint density at radius 1 is 0.967 bits per heavy atom. The highest BCUT2D eigenvalue weighted by molar-refractivity contribution is 6.51. The molecular formula is C23H16N4O3. The van der Waals surface area contributed by atoms with Gasteiger partial charge in [-0.3, -0.25) is 19.5 Å². The number of nitrogens with zero attached hydrogens (tertiary/aromatic N) is 3. The van der Waals surface area contributed by atoms with E-state index in [1.165, 1.54) is 4.90 Å². The van der Waals surface area contributed by atoms with Gasteiger partial charge < -0.3 is 10.1 Å². The minimum Gasteiger partial charge on any atom is -0.507 e. The number of nitrogens with one attached hydrogen (secondary N) is 1. The molecule has 1 amide bonds. The van der Waals surface area contributed by atoms with Crippen molar-refractivity contribution in [1.29, 1.82) is 0 Å². The van der Waals surface area contributed by atoms with Gasteiger partial charge in [0.05, 0.1) is 22.6 Å². The van der Waals surface area contributed by atoms with Crippen molar-refractivity contribution < 1.29 is 14.7 Å². The summed E-state index contributed by atoms with van der Waals surface area (Å²) in [4.78, 5) is 39.1. The molecule has 1 aliphatic rings. The third-order valence-electron chi connectivity index (χ3n) is 5.10. The number of carbonyl (C=O) groups excluding carboxylic acids is 2. The van der Waals surface area contributed by atoms with E-state index in [-0.39, 0.29) is 17.3 Å². The van der Waals surface area contributed by atoms with E-state index in [1.54, 1.807) is 48.8 Å². The highest BCUT2D eigenvalue weighted by atomic mass is 16.3. The summed E-state index contributed by atoms with van der Waals surface area (Å²) >= 11 is 0. The number of hydrogen-bond acceptors (Lipinski definition) is 5. The molecule has 2 aromatic heterocycles. The van der Waals surface area contributed by atoms with E-state index in [9.17, 15) is 14.7 Å². The van der Waals surface area contributed by atoms with Gasteiger partial charge in [0.15, 0.2) is 0 Å². The Morgan fingerprint density at radius 3 is 2.47 bits per heavy atom. The van der Waals surface area contributed by atoms with Gasteiger partial charge in [-0.15, -0.1) is 0 Å². The molecule has 4 aromatic rings. The quantitative estimate of drug-likeness (QED) is 0.313. The highest BCUT2D eigenvalue weighted by Crippen LogP contribution is 2.41. The molecule has 7 heteroatoms. The Hall–Kier alpha value is -4.26. The number of carbonyl (C=O) groups is 2. The monoisotopic (exact) mass is 396 g/mol. The van der Waals surface area contributed by atoms with Crippen LogP contribution in [-0.4, -0.2) is 31.7 Å². The van der Waals surface area contributed by atoms with Crippen molar-refractivity contribution in [1.82, 2.24) is 15.0 Å². The molecule has 0 saturated carbocycles. The van der Waals surface area contributed by atoms with Crippen molar-refractivity contribution in [2.45, 2.75) is 6.04 Å². The van der Waals surface area contributed by atoms with Crippen molar-refractivity contribution in [3.63, 3.8) is 0 Å². The minimum atomic E-state index is -0.862. The average molecular weight is 396 g/mol. The number of H-pyrrole nitrogens is 1. The van der Waals surface area contributed by atoms with Gasteiger partial charge in [0, 0.05) is 18.0 Å². The Balaban J connectivity index is 1.74. The number of aliphatic hydroxyl groups excluding tert-OH is 1. The van der Waals surface area contributed by atoms with E-state index in [4.69, 9.17) is 0 Å². The maximum absolute atomic E-state index is 13.1. The van der Waals surface area contributed by atoms with Crippen LogP contribution in [0.2, 0.25) is 0 Å². The lowest BCUT2D eigenvalue weighted by molar-refractivity contribution is -0.132. The summed E-state index contributed by atoms with van der Waals surface area (Å²) < 4.78 is 0. The van der Waals surface area contributed by atoms with Crippen LogP contribution in [0.1, 0.15) is 17.2 Å². The first-order valence-corrected chi connectivity index (χ1v) is 9.36. The number of Topliss-reactive ketones (excluding diaryl/α,β-unsaturated/α-hetero) is 1. The van der Waals surface area contributed by atoms with Crippen LogP contribution < -0.4 is 4.90 Å². The number of imidazole rings is 1. The third kappa shape index (κ3) is 2.76. The van der Waals surface area contributed by atoms with Gasteiger partial charge in [-0.05, 0) is 23.8 Å². The second-order valence-corrected chi connectivity index (χ2v) is 6.90. The van der Waals surface area contributed by atoms with Gasteiger partial charge in [-0.25, -0.2) is 4.98 Å².